The van der Waals surface area contributed by atoms with Crippen LogP contribution in [0.15, 0.2) is 22.7 Å². The van der Waals surface area contributed by atoms with Gasteiger partial charge in [0.25, 0.3) is 0 Å². The second-order valence-corrected chi connectivity index (χ2v) is 8.19. The van der Waals surface area contributed by atoms with Crippen LogP contribution in [0, 0.1) is 11.7 Å². The van der Waals surface area contributed by atoms with E-state index < -0.39 is 5.60 Å². The predicted molar refractivity (Wildman–Crippen MR) is 96.3 cm³/mol. The van der Waals surface area contributed by atoms with E-state index in [9.17, 15) is 9.18 Å². The van der Waals surface area contributed by atoms with Crippen LogP contribution in [0.2, 0.25) is 0 Å². The summed E-state index contributed by atoms with van der Waals surface area (Å²) in [6.07, 6.45) is 1.65. The number of nitrogens with one attached hydrogen (secondary N) is 1. The van der Waals surface area contributed by atoms with Crippen molar-refractivity contribution in [2.45, 2.75) is 45.8 Å². The maximum absolute atomic E-state index is 13.8. The smallest absolute Gasteiger partial charge is 0.410 e. The molecule has 1 fully saturated rings. The van der Waals surface area contributed by atoms with Crippen LogP contribution in [0.3, 0.4) is 0 Å². The average Bonchev–Trinajstić information content (AvgIpc) is 2.48. The maximum atomic E-state index is 13.8. The van der Waals surface area contributed by atoms with Gasteiger partial charge in [-0.25, -0.2) is 9.18 Å². The van der Waals surface area contributed by atoms with Gasteiger partial charge in [0.05, 0.1) is 0 Å². The van der Waals surface area contributed by atoms with Crippen LogP contribution in [-0.2, 0) is 11.3 Å². The normalized spacial score (nSPS) is 16.3. The van der Waals surface area contributed by atoms with Crippen LogP contribution < -0.4 is 5.32 Å². The molecule has 0 aromatic heterocycles. The lowest BCUT2D eigenvalue weighted by atomic mass is 9.97. The number of ether oxygens (including phenoxy) is 1. The highest BCUT2D eigenvalue weighted by molar-refractivity contribution is 9.10. The van der Waals surface area contributed by atoms with E-state index in [-0.39, 0.29) is 11.9 Å². The van der Waals surface area contributed by atoms with Gasteiger partial charge >= 0.3 is 6.09 Å². The highest BCUT2D eigenvalue weighted by Crippen LogP contribution is 2.20. The fraction of sp³-hybridized carbons (Fsp3) is 0.611. The summed E-state index contributed by atoms with van der Waals surface area (Å²) in [5.41, 5.74) is 0.217. The molecule has 24 heavy (non-hydrogen) atoms. The van der Waals surface area contributed by atoms with Gasteiger partial charge in [0.15, 0.2) is 0 Å². The fourth-order valence-electron chi connectivity index (χ4n) is 2.72. The Morgan fingerprint density at radius 1 is 1.38 bits per heavy atom. The van der Waals surface area contributed by atoms with Crippen LogP contribution in [0.1, 0.15) is 39.2 Å². The second kappa shape index (κ2) is 8.30. The lowest BCUT2D eigenvalue weighted by Crippen LogP contribution is -2.43. The Kier molecular flexibility index (Phi) is 6.63. The van der Waals surface area contributed by atoms with Crippen LogP contribution in [0.5, 0.6) is 0 Å². The van der Waals surface area contributed by atoms with Crippen LogP contribution >= 0.6 is 15.9 Å². The van der Waals surface area contributed by atoms with Gasteiger partial charge in [-0.15, -0.1) is 0 Å². The molecule has 1 aromatic rings. The zero-order valence-corrected chi connectivity index (χ0v) is 16.2. The Labute approximate surface area is 151 Å². The number of benzene rings is 1. The number of halogens is 2. The molecule has 0 bridgehead atoms. The number of piperidine rings is 1. The molecule has 0 atom stereocenters. The van der Waals surface area contributed by atoms with Crippen LogP contribution in [-0.4, -0.2) is 36.2 Å². The Bertz CT molecular complexity index is 567. The predicted octanol–water partition coefficient (Wildman–Crippen LogP) is 4.32. The van der Waals surface area contributed by atoms with Crippen molar-refractivity contribution in [2.75, 3.05) is 19.6 Å². The van der Waals surface area contributed by atoms with Gasteiger partial charge in [0, 0.05) is 29.7 Å². The van der Waals surface area contributed by atoms with Gasteiger partial charge in [0.1, 0.15) is 11.4 Å². The summed E-state index contributed by atoms with van der Waals surface area (Å²) in [7, 11) is 0. The lowest BCUT2D eigenvalue weighted by molar-refractivity contribution is 0.0184. The third-order valence-electron chi connectivity index (χ3n) is 4.03. The second-order valence-electron chi connectivity index (χ2n) is 7.28. The lowest BCUT2D eigenvalue weighted by Gasteiger charge is -2.33. The molecule has 0 spiro atoms. The molecule has 1 amide bonds. The number of carbonyl (C=O) groups excluding carboxylic acids is 1. The van der Waals surface area contributed by atoms with Crippen molar-refractivity contribution in [1.82, 2.24) is 10.2 Å². The minimum absolute atomic E-state index is 0.198. The molecular weight excluding hydrogens is 375 g/mol. The Balaban J connectivity index is 1.70. The first-order valence-electron chi connectivity index (χ1n) is 8.37. The molecular formula is C18H26BrFN2O2. The van der Waals surface area contributed by atoms with Gasteiger partial charge < -0.3 is 15.0 Å². The SMILES string of the molecule is CC(C)(C)OC(=O)N1CCC(CNCc2ccc(Br)cc2F)CC1. The van der Waals surface area contributed by atoms with E-state index in [1.165, 1.54) is 6.07 Å². The molecule has 0 aliphatic carbocycles. The third kappa shape index (κ3) is 6.06. The van der Waals surface area contributed by atoms with Crippen molar-refractivity contribution >= 4 is 22.0 Å². The number of carbonyl (C=O) groups is 1. The van der Waals surface area contributed by atoms with Gasteiger partial charge in [-0.1, -0.05) is 22.0 Å². The molecule has 134 valence electrons. The molecule has 1 saturated heterocycles. The summed E-state index contributed by atoms with van der Waals surface area (Å²) in [4.78, 5) is 13.8. The fourth-order valence-corrected chi connectivity index (χ4v) is 3.06. The Morgan fingerprint density at radius 2 is 2.04 bits per heavy atom. The zero-order valence-electron chi connectivity index (χ0n) is 14.6. The van der Waals surface area contributed by atoms with E-state index in [0.717, 1.165) is 23.9 Å². The molecule has 1 aliphatic rings. The zero-order chi connectivity index (χ0) is 17.7. The van der Waals surface area contributed by atoms with E-state index in [2.05, 4.69) is 21.2 Å². The first-order chi connectivity index (χ1) is 11.2. The molecule has 2 rings (SSSR count). The Hall–Kier alpha value is -1.14. The number of nitrogens with zero attached hydrogens (tertiary/aromatic N) is 1. The number of amides is 1. The first-order valence-corrected chi connectivity index (χ1v) is 9.16. The van der Waals surface area contributed by atoms with Gasteiger partial charge in [-0.2, -0.15) is 0 Å². The minimum Gasteiger partial charge on any atom is -0.444 e. The summed E-state index contributed by atoms with van der Waals surface area (Å²) in [5.74, 6) is 0.304. The number of hydrogen-bond acceptors (Lipinski definition) is 3. The highest BCUT2D eigenvalue weighted by atomic mass is 79.9. The topological polar surface area (TPSA) is 41.6 Å². The van der Waals surface area contributed by atoms with E-state index >= 15 is 0 Å². The molecule has 0 unspecified atom stereocenters. The van der Waals surface area contributed by atoms with E-state index in [1.807, 2.05) is 26.8 Å². The molecule has 1 aromatic carbocycles. The number of rotatable bonds is 4. The van der Waals surface area contributed by atoms with Crippen molar-refractivity contribution in [1.29, 1.82) is 0 Å². The third-order valence-corrected chi connectivity index (χ3v) is 4.52. The van der Waals surface area contributed by atoms with Crippen molar-refractivity contribution in [3.8, 4) is 0 Å². The average molecular weight is 401 g/mol. The number of likely N-dealkylation sites (tertiary alicyclic amines) is 1. The minimum atomic E-state index is -0.454. The Morgan fingerprint density at radius 3 is 2.62 bits per heavy atom. The molecule has 1 N–H and O–H groups in total. The summed E-state index contributed by atoms with van der Waals surface area (Å²) in [6.45, 7) is 8.42. The van der Waals surface area contributed by atoms with Gasteiger partial charge in [-0.05, 0) is 58.2 Å². The molecule has 4 nitrogen and oxygen atoms in total. The molecule has 0 saturated carbocycles. The maximum Gasteiger partial charge on any atom is 0.410 e. The van der Waals surface area contributed by atoms with E-state index in [1.54, 1.807) is 11.0 Å². The molecule has 0 radical (unpaired) electrons. The standard InChI is InChI=1S/C18H26BrFN2O2/c1-18(2,3)24-17(23)22-8-6-13(7-9-22)11-21-12-14-4-5-15(19)10-16(14)20/h4-5,10,13,21H,6-9,11-12H2,1-3H3. The van der Waals surface area contributed by atoms with E-state index in [4.69, 9.17) is 4.74 Å². The van der Waals surface area contributed by atoms with E-state index in [0.29, 0.717) is 31.1 Å². The number of hydrogen-bond donors (Lipinski definition) is 1. The van der Waals surface area contributed by atoms with Crippen molar-refractivity contribution < 1.29 is 13.9 Å². The van der Waals surface area contributed by atoms with Crippen molar-refractivity contribution in [2.24, 2.45) is 5.92 Å². The highest BCUT2D eigenvalue weighted by Gasteiger charge is 2.26. The summed E-state index contributed by atoms with van der Waals surface area (Å²) >= 11 is 3.26. The largest absolute Gasteiger partial charge is 0.444 e. The quantitative estimate of drug-likeness (QED) is 0.817. The first kappa shape index (κ1) is 19.2. The monoisotopic (exact) mass is 400 g/mol. The van der Waals surface area contributed by atoms with Crippen LogP contribution in [0.4, 0.5) is 9.18 Å². The summed E-state index contributed by atoms with van der Waals surface area (Å²) < 4.78 is 19.9. The van der Waals surface area contributed by atoms with Crippen LogP contribution in [0.25, 0.3) is 0 Å². The molecule has 1 heterocycles. The summed E-state index contributed by atoms with van der Waals surface area (Å²) in [6, 6.07) is 5.12. The van der Waals surface area contributed by atoms with Crippen molar-refractivity contribution in [3.05, 3.63) is 34.1 Å². The molecule has 6 heteroatoms. The van der Waals surface area contributed by atoms with Gasteiger partial charge in [0.2, 0.25) is 0 Å². The van der Waals surface area contributed by atoms with Crippen molar-refractivity contribution in [3.63, 3.8) is 0 Å². The summed E-state index contributed by atoms with van der Waals surface area (Å²) in [5, 5.41) is 3.32. The van der Waals surface area contributed by atoms with Gasteiger partial charge in [-0.3, -0.25) is 0 Å². The molecule has 1 aliphatic heterocycles.